The van der Waals surface area contributed by atoms with Crippen LogP contribution < -0.4 is 11.4 Å². The number of aliphatic hydroxyl groups is 2. The van der Waals surface area contributed by atoms with E-state index >= 15 is 0 Å². The molecular weight excluding hydrogens is 246 g/mol. The number of nitrogen functional groups attached to an aromatic ring is 1. The summed E-state index contributed by atoms with van der Waals surface area (Å²) >= 11 is 3.99. The van der Waals surface area contributed by atoms with Crippen molar-refractivity contribution < 1.29 is 14.9 Å². The molecule has 7 nitrogen and oxygen atoms in total. The molecule has 1 aromatic rings. The minimum atomic E-state index is -1.20. The van der Waals surface area contributed by atoms with E-state index in [9.17, 15) is 15.0 Å². The molecule has 2 rings (SSSR count). The third kappa shape index (κ3) is 2.16. The molecule has 4 atom stereocenters. The number of hydrogen-bond acceptors (Lipinski definition) is 7. The summed E-state index contributed by atoms with van der Waals surface area (Å²) in [7, 11) is 0. The van der Waals surface area contributed by atoms with Crippen molar-refractivity contribution >= 4 is 18.4 Å². The second-order valence-corrected chi connectivity index (χ2v) is 4.14. The maximum Gasteiger partial charge on any atom is 0.351 e. The third-order valence-electron chi connectivity index (χ3n) is 2.64. The van der Waals surface area contributed by atoms with E-state index in [1.807, 2.05) is 0 Å². The van der Waals surface area contributed by atoms with E-state index in [0.29, 0.717) is 0 Å². The van der Waals surface area contributed by atoms with E-state index in [2.05, 4.69) is 17.6 Å². The fourth-order valence-corrected chi connectivity index (χ4v) is 2.03. The first-order valence-electron chi connectivity index (χ1n) is 5.01. The Hall–Kier alpha value is -1.09. The quantitative estimate of drug-likeness (QED) is 0.475. The molecule has 94 valence electrons. The largest absolute Gasteiger partial charge is 0.387 e. The van der Waals surface area contributed by atoms with Gasteiger partial charge in [-0.1, -0.05) is 0 Å². The average molecular weight is 259 g/mol. The Labute approximate surface area is 102 Å². The number of hydrogen-bond donors (Lipinski definition) is 4. The van der Waals surface area contributed by atoms with Gasteiger partial charge in [0.1, 0.15) is 18.0 Å². The molecule has 0 radical (unpaired) electrons. The zero-order valence-electron chi connectivity index (χ0n) is 8.80. The highest BCUT2D eigenvalue weighted by Crippen LogP contribution is 2.28. The number of ether oxygens (including phenoxy) is 1. The summed E-state index contributed by atoms with van der Waals surface area (Å²) < 4.78 is 6.44. The maximum atomic E-state index is 11.6. The Morgan fingerprint density at radius 1 is 1.53 bits per heavy atom. The first-order valence-corrected chi connectivity index (χ1v) is 5.65. The first kappa shape index (κ1) is 12.4. The van der Waals surface area contributed by atoms with Gasteiger partial charge in [0.2, 0.25) is 0 Å². The number of aromatic nitrogens is 2. The lowest BCUT2D eigenvalue weighted by Crippen LogP contribution is -2.35. The van der Waals surface area contributed by atoms with Crippen molar-refractivity contribution in [2.24, 2.45) is 0 Å². The molecule has 0 unspecified atom stereocenters. The van der Waals surface area contributed by atoms with E-state index in [0.717, 1.165) is 4.57 Å². The van der Waals surface area contributed by atoms with E-state index in [1.54, 1.807) is 0 Å². The van der Waals surface area contributed by atoms with Gasteiger partial charge in [-0.3, -0.25) is 4.57 Å². The lowest BCUT2D eigenvalue weighted by atomic mass is 10.1. The Balaban J connectivity index is 2.32. The van der Waals surface area contributed by atoms with Crippen molar-refractivity contribution in [3.8, 4) is 0 Å². The van der Waals surface area contributed by atoms with Gasteiger partial charge in [0, 0.05) is 11.9 Å². The highest BCUT2D eigenvalue weighted by molar-refractivity contribution is 7.80. The molecule has 17 heavy (non-hydrogen) atoms. The zero-order chi connectivity index (χ0) is 12.6. The summed E-state index contributed by atoms with van der Waals surface area (Å²) in [5.41, 5.74) is 4.71. The Bertz CT molecular complexity index is 466. The predicted octanol–water partition coefficient (Wildman–Crippen LogP) is -1.63. The summed E-state index contributed by atoms with van der Waals surface area (Å²) in [4.78, 5) is 15.1. The average Bonchev–Trinajstić information content (AvgIpc) is 2.57. The first-order chi connectivity index (χ1) is 8.04. The summed E-state index contributed by atoms with van der Waals surface area (Å²) in [5.74, 6) is 0.330. The molecule has 0 aromatic carbocycles. The topological polar surface area (TPSA) is 111 Å². The van der Waals surface area contributed by atoms with Crippen LogP contribution in [-0.2, 0) is 4.74 Å². The number of thiol groups is 1. The van der Waals surface area contributed by atoms with Crippen LogP contribution in [0.5, 0.6) is 0 Å². The van der Waals surface area contributed by atoms with Crippen molar-refractivity contribution in [3.05, 3.63) is 22.7 Å². The van der Waals surface area contributed by atoms with Gasteiger partial charge in [0.05, 0.1) is 6.10 Å². The standard InChI is InChI=1S/C9H13N3O4S/c10-5-1-2-12(9(15)11-5)8-7(14)6(13)4(3-17)16-8/h1-2,4,6-8,13-14,17H,3H2,(H2,10,11,15)/t4-,6+,7-,8-/m1/s1. The SMILES string of the molecule is Nc1ccn([C@@H]2O[C@H](CS)[C@H](O)[C@H]2O)c(=O)n1. The van der Waals surface area contributed by atoms with Crippen LogP contribution in [0.2, 0.25) is 0 Å². The molecule has 0 bridgehead atoms. The lowest BCUT2D eigenvalue weighted by Gasteiger charge is -2.16. The fraction of sp³-hybridized carbons (Fsp3) is 0.556. The van der Waals surface area contributed by atoms with E-state index in [4.69, 9.17) is 10.5 Å². The predicted molar refractivity (Wildman–Crippen MR) is 62.7 cm³/mol. The van der Waals surface area contributed by atoms with Crippen molar-refractivity contribution in [2.75, 3.05) is 11.5 Å². The smallest absolute Gasteiger partial charge is 0.351 e. The molecule has 0 saturated carbocycles. The summed E-state index contributed by atoms with van der Waals surface area (Å²) in [6.07, 6.45) is -2.51. The van der Waals surface area contributed by atoms with Gasteiger partial charge in [0.25, 0.3) is 0 Å². The normalized spacial score (nSPS) is 32.9. The molecule has 1 aromatic heterocycles. The monoisotopic (exact) mass is 259 g/mol. The highest BCUT2D eigenvalue weighted by atomic mass is 32.1. The van der Waals surface area contributed by atoms with Crippen LogP contribution >= 0.6 is 12.6 Å². The molecular formula is C9H13N3O4S. The Morgan fingerprint density at radius 2 is 2.24 bits per heavy atom. The van der Waals surface area contributed by atoms with Crippen LogP contribution in [0.25, 0.3) is 0 Å². The second kappa shape index (κ2) is 4.65. The van der Waals surface area contributed by atoms with Gasteiger partial charge < -0.3 is 20.7 Å². The molecule has 0 spiro atoms. The molecule has 0 amide bonds. The molecule has 8 heteroatoms. The van der Waals surface area contributed by atoms with Crippen molar-refractivity contribution in [1.29, 1.82) is 0 Å². The lowest BCUT2D eigenvalue weighted by molar-refractivity contribution is -0.0338. The van der Waals surface area contributed by atoms with Crippen LogP contribution in [0.3, 0.4) is 0 Å². The van der Waals surface area contributed by atoms with Crippen LogP contribution in [0.1, 0.15) is 6.23 Å². The van der Waals surface area contributed by atoms with Crippen molar-refractivity contribution in [1.82, 2.24) is 9.55 Å². The Kier molecular flexibility index (Phi) is 3.38. The summed E-state index contributed by atoms with van der Waals surface area (Å²) in [6, 6.07) is 1.41. The minimum absolute atomic E-state index is 0.0880. The van der Waals surface area contributed by atoms with Gasteiger partial charge >= 0.3 is 5.69 Å². The molecule has 1 saturated heterocycles. The van der Waals surface area contributed by atoms with Gasteiger partial charge in [-0.05, 0) is 6.07 Å². The van der Waals surface area contributed by atoms with Gasteiger partial charge in [0.15, 0.2) is 6.23 Å². The van der Waals surface area contributed by atoms with Crippen LogP contribution in [0.15, 0.2) is 17.1 Å². The van der Waals surface area contributed by atoms with Gasteiger partial charge in [-0.25, -0.2) is 4.79 Å². The van der Waals surface area contributed by atoms with E-state index < -0.39 is 30.2 Å². The highest BCUT2D eigenvalue weighted by Gasteiger charge is 2.43. The fourth-order valence-electron chi connectivity index (χ4n) is 1.73. The van der Waals surface area contributed by atoms with Crippen molar-refractivity contribution in [3.63, 3.8) is 0 Å². The van der Waals surface area contributed by atoms with Crippen molar-refractivity contribution in [2.45, 2.75) is 24.5 Å². The number of rotatable bonds is 2. The number of aliphatic hydroxyl groups excluding tert-OH is 2. The number of nitrogens with two attached hydrogens (primary N) is 1. The zero-order valence-corrected chi connectivity index (χ0v) is 9.70. The summed E-state index contributed by atoms with van der Waals surface area (Å²) in [6.45, 7) is 0. The third-order valence-corrected chi connectivity index (χ3v) is 3.00. The van der Waals surface area contributed by atoms with Gasteiger partial charge in [-0.2, -0.15) is 17.6 Å². The number of anilines is 1. The van der Waals surface area contributed by atoms with Crippen LogP contribution in [0.4, 0.5) is 5.82 Å². The van der Waals surface area contributed by atoms with E-state index in [1.165, 1.54) is 12.3 Å². The minimum Gasteiger partial charge on any atom is -0.387 e. The molecule has 1 aliphatic heterocycles. The van der Waals surface area contributed by atoms with Crippen LogP contribution in [0, 0.1) is 0 Å². The Morgan fingerprint density at radius 3 is 2.76 bits per heavy atom. The van der Waals surface area contributed by atoms with Gasteiger partial charge in [-0.15, -0.1) is 0 Å². The molecule has 2 heterocycles. The molecule has 0 aliphatic carbocycles. The number of nitrogens with zero attached hydrogens (tertiary/aromatic N) is 2. The second-order valence-electron chi connectivity index (χ2n) is 3.77. The molecule has 4 N–H and O–H groups in total. The molecule has 1 fully saturated rings. The summed E-state index contributed by atoms with van der Waals surface area (Å²) in [5, 5.41) is 19.4. The van der Waals surface area contributed by atoms with E-state index in [-0.39, 0.29) is 11.6 Å². The maximum absolute atomic E-state index is 11.6. The molecule has 1 aliphatic rings. The van der Waals surface area contributed by atoms with Crippen LogP contribution in [-0.4, -0.2) is 43.8 Å².